The highest BCUT2D eigenvalue weighted by Crippen LogP contribution is 2.14. The Morgan fingerprint density at radius 3 is 2.43 bits per heavy atom. The lowest BCUT2D eigenvalue weighted by Gasteiger charge is -2.08. The van der Waals surface area contributed by atoms with E-state index >= 15 is 0 Å². The van der Waals surface area contributed by atoms with E-state index in [0.717, 1.165) is 0 Å². The lowest BCUT2D eigenvalue weighted by atomic mass is 9.77. The van der Waals surface area contributed by atoms with Gasteiger partial charge in [0.05, 0.1) is 0 Å². The van der Waals surface area contributed by atoms with Crippen LogP contribution in [0.5, 0.6) is 5.75 Å². The maximum Gasteiger partial charge on any atom is 0.488 e. The third-order valence-electron chi connectivity index (χ3n) is 1.74. The van der Waals surface area contributed by atoms with Gasteiger partial charge in [0.25, 0.3) is 0 Å². The Balaban J connectivity index is 2.89. The summed E-state index contributed by atoms with van der Waals surface area (Å²) in [6, 6.07) is 3.91. The van der Waals surface area contributed by atoms with Crippen molar-refractivity contribution in [2.24, 2.45) is 0 Å². The molecule has 1 rings (SSSR count). The normalized spacial score (nSPS) is 10.4. The van der Waals surface area contributed by atoms with Crippen molar-refractivity contribution in [3.63, 3.8) is 0 Å². The highest BCUT2D eigenvalue weighted by atomic mass is 19.3. The molecule has 0 heterocycles. The second kappa shape index (κ2) is 4.39. The van der Waals surface area contributed by atoms with E-state index in [1.165, 1.54) is 18.2 Å². The van der Waals surface area contributed by atoms with Crippen LogP contribution in [0.3, 0.4) is 0 Å². The first-order valence-electron chi connectivity index (χ1n) is 3.92. The Kier molecular flexibility index (Phi) is 3.43. The highest BCUT2D eigenvalue weighted by molar-refractivity contribution is 6.59. The van der Waals surface area contributed by atoms with E-state index in [1.807, 2.05) is 0 Å². The fraction of sp³-hybridized carbons (Fsp3) is 0.250. The predicted molar refractivity (Wildman–Crippen MR) is 47.6 cm³/mol. The average molecular weight is 202 g/mol. The summed E-state index contributed by atoms with van der Waals surface area (Å²) in [4.78, 5) is 0. The number of hydrogen-bond donors (Lipinski definition) is 2. The van der Waals surface area contributed by atoms with Gasteiger partial charge in [-0.25, -0.2) is 0 Å². The van der Waals surface area contributed by atoms with E-state index in [9.17, 15) is 8.78 Å². The molecule has 6 heteroatoms. The Morgan fingerprint density at radius 1 is 1.36 bits per heavy atom. The maximum atomic E-state index is 11.8. The Hall–Kier alpha value is -1.14. The van der Waals surface area contributed by atoms with Gasteiger partial charge in [0.15, 0.2) is 0 Å². The zero-order valence-corrected chi connectivity index (χ0v) is 7.45. The SMILES string of the molecule is Cc1cc(OC(F)F)ccc1B(O)O. The van der Waals surface area contributed by atoms with Crippen LogP contribution in [0.2, 0.25) is 0 Å². The molecule has 0 saturated heterocycles. The fourth-order valence-corrected chi connectivity index (χ4v) is 1.11. The van der Waals surface area contributed by atoms with Gasteiger partial charge in [-0.15, -0.1) is 0 Å². The Bertz CT molecular complexity index is 317. The molecule has 0 atom stereocenters. The van der Waals surface area contributed by atoms with Crippen LogP contribution in [-0.4, -0.2) is 23.8 Å². The lowest BCUT2D eigenvalue weighted by Crippen LogP contribution is -2.31. The van der Waals surface area contributed by atoms with Crippen molar-refractivity contribution in [2.75, 3.05) is 0 Å². The van der Waals surface area contributed by atoms with Crippen LogP contribution in [0.1, 0.15) is 5.56 Å². The molecule has 0 aliphatic carbocycles. The molecule has 14 heavy (non-hydrogen) atoms. The first kappa shape index (κ1) is 10.9. The molecular formula is C8H9BF2O3. The largest absolute Gasteiger partial charge is 0.488 e. The summed E-state index contributed by atoms with van der Waals surface area (Å²) in [5.74, 6) is 0.00176. The fourth-order valence-electron chi connectivity index (χ4n) is 1.11. The summed E-state index contributed by atoms with van der Waals surface area (Å²) in [7, 11) is -1.60. The Morgan fingerprint density at radius 2 is 2.00 bits per heavy atom. The molecule has 0 aliphatic rings. The van der Waals surface area contributed by atoms with Crippen molar-refractivity contribution in [3.8, 4) is 5.75 Å². The van der Waals surface area contributed by atoms with Crippen molar-refractivity contribution in [1.29, 1.82) is 0 Å². The maximum absolute atomic E-state index is 11.8. The minimum atomic E-state index is -2.88. The number of alkyl halides is 2. The number of benzene rings is 1. The van der Waals surface area contributed by atoms with E-state index < -0.39 is 13.7 Å². The van der Waals surface area contributed by atoms with E-state index in [-0.39, 0.29) is 11.2 Å². The van der Waals surface area contributed by atoms with Crippen molar-refractivity contribution < 1.29 is 23.6 Å². The summed E-state index contributed by atoms with van der Waals surface area (Å²) in [6.45, 7) is -1.30. The number of hydrogen-bond acceptors (Lipinski definition) is 3. The third kappa shape index (κ3) is 2.68. The van der Waals surface area contributed by atoms with E-state index in [1.54, 1.807) is 6.92 Å². The summed E-state index contributed by atoms with van der Waals surface area (Å²) in [5, 5.41) is 17.7. The zero-order valence-electron chi connectivity index (χ0n) is 7.45. The van der Waals surface area contributed by atoms with Crippen molar-refractivity contribution in [1.82, 2.24) is 0 Å². The van der Waals surface area contributed by atoms with Crippen molar-refractivity contribution in [2.45, 2.75) is 13.5 Å². The first-order valence-corrected chi connectivity index (χ1v) is 3.92. The van der Waals surface area contributed by atoms with Crippen LogP contribution in [-0.2, 0) is 0 Å². The second-order valence-corrected chi connectivity index (χ2v) is 2.77. The van der Waals surface area contributed by atoms with Gasteiger partial charge in [0.2, 0.25) is 0 Å². The first-order chi connectivity index (χ1) is 6.50. The van der Waals surface area contributed by atoms with Crippen LogP contribution >= 0.6 is 0 Å². The number of ether oxygens (including phenoxy) is 1. The lowest BCUT2D eigenvalue weighted by molar-refractivity contribution is -0.0498. The number of rotatable bonds is 3. The molecule has 0 unspecified atom stereocenters. The minimum Gasteiger partial charge on any atom is -0.435 e. The third-order valence-corrected chi connectivity index (χ3v) is 1.74. The van der Waals surface area contributed by atoms with Crippen molar-refractivity contribution in [3.05, 3.63) is 23.8 Å². The predicted octanol–water partition coefficient (Wildman–Crippen LogP) is 0.276. The Labute approximate surface area is 80.1 Å². The summed E-state index contributed by atoms with van der Waals surface area (Å²) in [5.41, 5.74) is 0.754. The average Bonchev–Trinajstić information content (AvgIpc) is 2.01. The molecule has 1 aromatic rings. The zero-order chi connectivity index (χ0) is 10.7. The molecule has 2 N–H and O–H groups in total. The highest BCUT2D eigenvalue weighted by Gasteiger charge is 2.14. The molecule has 0 aromatic heterocycles. The number of halogens is 2. The van der Waals surface area contributed by atoms with E-state index in [4.69, 9.17) is 10.0 Å². The van der Waals surface area contributed by atoms with Gasteiger partial charge in [-0.3, -0.25) is 0 Å². The van der Waals surface area contributed by atoms with Crippen LogP contribution in [0.25, 0.3) is 0 Å². The summed E-state index contributed by atoms with van der Waals surface area (Å²) in [6.07, 6.45) is 0. The molecule has 3 nitrogen and oxygen atoms in total. The quantitative estimate of drug-likeness (QED) is 0.692. The molecule has 0 radical (unpaired) electrons. The summed E-state index contributed by atoms with van der Waals surface area (Å²) < 4.78 is 27.7. The van der Waals surface area contributed by atoms with Gasteiger partial charge in [0.1, 0.15) is 5.75 Å². The molecule has 0 bridgehead atoms. The molecule has 0 aliphatic heterocycles. The molecule has 0 saturated carbocycles. The van der Waals surface area contributed by atoms with Crippen LogP contribution in [0.4, 0.5) is 8.78 Å². The molecule has 0 spiro atoms. The van der Waals surface area contributed by atoms with Gasteiger partial charge in [-0.05, 0) is 30.1 Å². The van der Waals surface area contributed by atoms with Crippen LogP contribution in [0, 0.1) is 6.92 Å². The van der Waals surface area contributed by atoms with Gasteiger partial charge in [0, 0.05) is 0 Å². The molecule has 0 fully saturated rings. The smallest absolute Gasteiger partial charge is 0.435 e. The topological polar surface area (TPSA) is 49.7 Å². The molecule has 76 valence electrons. The van der Waals surface area contributed by atoms with Gasteiger partial charge >= 0.3 is 13.7 Å². The standard InChI is InChI=1S/C8H9BF2O3/c1-5-4-6(14-8(10)11)2-3-7(5)9(12)13/h2-4,8,12-13H,1H3. The van der Waals surface area contributed by atoms with Crippen molar-refractivity contribution >= 4 is 12.6 Å². The molecule has 1 aromatic carbocycles. The second-order valence-electron chi connectivity index (χ2n) is 2.77. The monoisotopic (exact) mass is 202 g/mol. The molecular weight excluding hydrogens is 193 g/mol. The van der Waals surface area contributed by atoms with E-state index in [2.05, 4.69) is 4.74 Å². The van der Waals surface area contributed by atoms with Gasteiger partial charge in [-0.1, -0.05) is 6.07 Å². The van der Waals surface area contributed by atoms with Gasteiger partial charge < -0.3 is 14.8 Å². The van der Waals surface area contributed by atoms with E-state index in [0.29, 0.717) is 5.56 Å². The number of aryl methyl sites for hydroxylation is 1. The minimum absolute atomic E-state index is 0.00176. The van der Waals surface area contributed by atoms with Crippen LogP contribution < -0.4 is 10.2 Å². The summed E-state index contributed by atoms with van der Waals surface area (Å²) >= 11 is 0. The van der Waals surface area contributed by atoms with Gasteiger partial charge in [-0.2, -0.15) is 8.78 Å². The van der Waals surface area contributed by atoms with Crippen LogP contribution in [0.15, 0.2) is 18.2 Å². The molecule has 0 amide bonds.